The number of aryl methyl sites for hydroxylation is 1. The van der Waals surface area contributed by atoms with Gasteiger partial charge in [-0.15, -0.1) is 0 Å². The van der Waals surface area contributed by atoms with Crippen molar-refractivity contribution in [3.8, 4) is 5.75 Å². The first kappa shape index (κ1) is 18.2. The van der Waals surface area contributed by atoms with E-state index in [0.29, 0.717) is 18.7 Å². The number of hydrogen-bond donors (Lipinski definition) is 1. The number of amides is 1. The van der Waals surface area contributed by atoms with Crippen LogP contribution in [-0.2, 0) is 13.2 Å². The standard InChI is InChI=1S/C20H20BrN3O2/c21-18-6-8-19(9-7-18)26-15-16-4-1-5-17(14-16)20(25)22-10-2-12-24-13-3-11-23-24/h1,3-9,11,13-14H,2,10,12,15H2,(H,22,25). The molecule has 2 aromatic carbocycles. The van der Waals surface area contributed by atoms with E-state index in [4.69, 9.17) is 4.74 Å². The monoisotopic (exact) mass is 413 g/mol. The molecule has 0 bridgehead atoms. The molecule has 0 radical (unpaired) electrons. The molecule has 0 aliphatic carbocycles. The van der Waals surface area contributed by atoms with Gasteiger partial charge < -0.3 is 10.1 Å². The third kappa shape index (κ3) is 5.46. The summed E-state index contributed by atoms with van der Waals surface area (Å²) in [5.41, 5.74) is 1.60. The van der Waals surface area contributed by atoms with Crippen LogP contribution < -0.4 is 10.1 Å². The predicted molar refractivity (Wildman–Crippen MR) is 104 cm³/mol. The van der Waals surface area contributed by atoms with Gasteiger partial charge in [-0.1, -0.05) is 28.1 Å². The molecule has 0 unspecified atom stereocenters. The van der Waals surface area contributed by atoms with Gasteiger partial charge in [0.25, 0.3) is 5.91 Å². The van der Waals surface area contributed by atoms with Gasteiger partial charge in [0.05, 0.1) is 0 Å². The molecular weight excluding hydrogens is 394 g/mol. The summed E-state index contributed by atoms with van der Waals surface area (Å²) in [4.78, 5) is 12.3. The van der Waals surface area contributed by atoms with E-state index < -0.39 is 0 Å². The number of nitrogens with one attached hydrogen (secondary N) is 1. The van der Waals surface area contributed by atoms with Gasteiger partial charge in [-0.25, -0.2) is 0 Å². The van der Waals surface area contributed by atoms with Crippen LogP contribution in [0.25, 0.3) is 0 Å². The van der Waals surface area contributed by atoms with E-state index >= 15 is 0 Å². The molecular formula is C20H20BrN3O2. The fourth-order valence-electron chi connectivity index (χ4n) is 2.48. The van der Waals surface area contributed by atoms with E-state index in [1.165, 1.54) is 0 Å². The van der Waals surface area contributed by atoms with Crippen molar-refractivity contribution in [2.24, 2.45) is 0 Å². The van der Waals surface area contributed by atoms with Crippen molar-refractivity contribution in [3.63, 3.8) is 0 Å². The number of hydrogen-bond acceptors (Lipinski definition) is 3. The fraction of sp³-hybridized carbons (Fsp3) is 0.200. The molecule has 1 amide bonds. The molecule has 26 heavy (non-hydrogen) atoms. The second kappa shape index (κ2) is 9.20. The maximum Gasteiger partial charge on any atom is 0.251 e. The van der Waals surface area contributed by atoms with Crippen LogP contribution in [0, 0.1) is 0 Å². The third-order valence-electron chi connectivity index (χ3n) is 3.82. The second-order valence-corrected chi connectivity index (χ2v) is 6.74. The smallest absolute Gasteiger partial charge is 0.251 e. The van der Waals surface area contributed by atoms with E-state index in [-0.39, 0.29) is 5.91 Å². The Bertz CT molecular complexity index is 833. The molecule has 0 aliphatic heterocycles. The van der Waals surface area contributed by atoms with E-state index in [1.54, 1.807) is 6.20 Å². The van der Waals surface area contributed by atoms with Crippen molar-refractivity contribution < 1.29 is 9.53 Å². The van der Waals surface area contributed by atoms with Crippen LogP contribution in [0.1, 0.15) is 22.3 Å². The van der Waals surface area contributed by atoms with Gasteiger partial charge in [0, 0.05) is 35.5 Å². The average Bonchev–Trinajstić information content (AvgIpc) is 3.18. The highest BCUT2D eigenvalue weighted by molar-refractivity contribution is 9.10. The second-order valence-electron chi connectivity index (χ2n) is 5.82. The van der Waals surface area contributed by atoms with E-state index in [9.17, 15) is 4.79 Å². The number of nitrogens with zero attached hydrogens (tertiary/aromatic N) is 2. The molecule has 1 heterocycles. The van der Waals surface area contributed by atoms with Crippen LogP contribution in [0.5, 0.6) is 5.75 Å². The molecule has 134 valence electrons. The highest BCUT2D eigenvalue weighted by Crippen LogP contribution is 2.17. The van der Waals surface area contributed by atoms with Gasteiger partial charge in [-0.3, -0.25) is 9.48 Å². The number of carbonyl (C=O) groups excluding carboxylic acids is 1. The number of carbonyl (C=O) groups is 1. The number of benzene rings is 2. The van der Waals surface area contributed by atoms with E-state index in [2.05, 4.69) is 26.3 Å². The summed E-state index contributed by atoms with van der Waals surface area (Å²) in [6.45, 7) is 1.81. The van der Waals surface area contributed by atoms with Crippen LogP contribution in [0.3, 0.4) is 0 Å². The zero-order valence-electron chi connectivity index (χ0n) is 14.3. The Hall–Kier alpha value is -2.60. The molecule has 0 fully saturated rings. The van der Waals surface area contributed by atoms with E-state index in [1.807, 2.05) is 65.5 Å². The zero-order chi connectivity index (χ0) is 18.2. The summed E-state index contributed by atoms with van der Waals surface area (Å²) in [6, 6.07) is 17.1. The summed E-state index contributed by atoms with van der Waals surface area (Å²) >= 11 is 3.40. The largest absolute Gasteiger partial charge is 0.489 e. The number of ether oxygens (including phenoxy) is 1. The van der Waals surface area contributed by atoms with Crippen LogP contribution in [0.15, 0.2) is 71.5 Å². The van der Waals surface area contributed by atoms with Crippen molar-refractivity contribution in [1.82, 2.24) is 15.1 Å². The molecule has 5 nitrogen and oxygen atoms in total. The lowest BCUT2D eigenvalue weighted by Crippen LogP contribution is -2.25. The van der Waals surface area contributed by atoms with Gasteiger partial charge in [0.1, 0.15) is 12.4 Å². The number of aromatic nitrogens is 2. The highest BCUT2D eigenvalue weighted by atomic mass is 79.9. The molecule has 0 atom stereocenters. The Labute approximate surface area is 161 Å². The lowest BCUT2D eigenvalue weighted by atomic mass is 10.1. The molecule has 3 aromatic rings. The molecule has 0 aliphatic rings. The molecule has 0 saturated heterocycles. The number of rotatable bonds is 8. The lowest BCUT2D eigenvalue weighted by molar-refractivity contribution is 0.0952. The van der Waals surface area contributed by atoms with Gasteiger partial charge >= 0.3 is 0 Å². The van der Waals surface area contributed by atoms with Gasteiger partial charge in [-0.2, -0.15) is 5.10 Å². The summed E-state index contributed by atoms with van der Waals surface area (Å²) in [5, 5.41) is 7.08. The summed E-state index contributed by atoms with van der Waals surface area (Å²) < 4.78 is 8.62. The Morgan fingerprint density at radius 3 is 2.77 bits per heavy atom. The minimum atomic E-state index is -0.0732. The zero-order valence-corrected chi connectivity index (χ0v) is 15.9. The van der Waals surface area contributed by atoms with Crippen LogP contribution in [0.4, 0.5) is 0 Å². The molecule has 0 spiro atoms. The number of halogens is 1. The van der Waals surface area contributed by atoms with Crippen LogP contribution in [-0.4, -0.2) is 22.2 Å². The van der Waals surface area contributed by atoms with Gasteiger partial charge in [-0.05, 0) is 54.4 Å². The maximum absolute atomic E-state index is 12.3. The lowest BCUT2D eigenvalue weighted by Gasteiger charge is -2.09. The molecule has 6 heteroatoms. The molecule has 0 saturated carbocycles. The Kier molecular flexibility index (Phi) is 6.44. The van der Waals surface area contributed by atoms with Crippen molar-refractivity contribution in [3.05, 3.63) is 82.6 Å². The first-order valence-electron chi connectivity index (χ1n) is 8.44. The quantitative estimate of drug-likeness (QED) is 0.566. The maximum atomic E-state index is 12.3. The topological polar surface area (TPSA) is 56.2 Å². The van der Waals surface area contributed by atoms with Crippen LogP contribution in [0.2, 0.25) is 0 Å². The molecule has 3 rings (SSSR count). The highest BCUT2D eigenvalue weighted by Gasteiger charge is 2.06. The molecule has 1 N–H and O–H groups in total. The minimum Gasteiger partial charge on any atom is -0.489 e. The van der Waals surface area contributed by atoms with Gasteiger partial charge in [0.15, 0.2) is 0 Å². The Balaban J connectivity index is 1.47. The third-order valence-corrected chi connectivity index (χ3v) is 4.35. The first-order chi connectivity index (χ1) is 12.7. The SMILES string of the molecule is O=C(NCCCn1cccn1)c1cccc(COc2ccc(Br)cc2)c1. The Morgan fingerprint density at radius 2 is 2.00 bits per heavy atom. The van der Waals surface area contributed by atoms with Crippen molar-refractivity contribution in [2.75, 3.05) is 6.54 Å². The van der Waals surface area contributed by atoms with E-state index in [0.717, 1.165) is 28.8 Å². The van der Waals surface area contributed by atoms with Crippen LogP contribution >= 0.6 is 15.9 Å². The normalized spacial score (nSPS) is 10.5. The Morgan fingerprint density at radius 1 is 1.15 bits per heavy atom. The van der Waals surface area contributed by atoms with Crippen molar-refractivity contribution >= 4 is 21.8 Å². The van der Waals surface area contributed by atoms with Gasteiger partial charge in [0.2, 0.25) is 0 Å². The first-order valence-corrected chi connectivity index (χ1v) is 9.23. The fourth-order valence-corrected chi connectivity index (χ4v) is 2.74. The molecule has 1 aromatic heterocycles. The summed E-state index contributed by atoms with van der Waals surface area (Å²) in [6.07, 6.45) is 4.50. The summed E-state index contributed by atoms with van der Waals surface area (Å²) in [5.74, 6) is 0.720. The summed E-state index contributed by atoms with van der Waals surface area (Å²) in [7, 11) is 0. The average molecular weight is 414 g/mol. The van der Waals surface area contributed by atoms with Crippen molar-refractivity contribution in [1.29, 1.82) is 0 Å². The predicted octanol–water partition coefficient (Wildman–Crippen LogP) is 4.04. The van der Waals surface area contributed by atoms with Crippen molar-refractivity contribution in [2.45, 2.75) is 19.6 Å². The minimum absolute atomic E-state index is 0.0732.